The molecule has 0 bridgehead atoms. The Hall–Kier alpha value is -2.17. The summed E-state index contributed by atoms with van der Waals surface area (Å²) in [6, 6.07) is 3.43. The molecule has 0 saturated carbocycles. The van der Waals surface area contributed by atoms with Crippen molar-refractivity contribution in [2.45, 2.75) is 13.3 Å². The Bertz CT molecular complexity index is 730. The number of fused-ring (bicyclic) bond motifs is 1. The molecule has 2 heterocycles. The number of nitrogens with zero attached hydrogens (tertiary/aromatic N) is 2. The average molecular weight is 261 g/mol. The Labute approximate surface area is 108 Å². The van der Waals surface area contributed by atoms with Crippen LogP contribution in [0.1, 0.15) is 12.6 Å². The van der Waals surface area contributed by atoms with Crippen molar-refractivity contribution in [1.29, 1.82) is 0 Å². The molecule has 1 aromatic carbocycles. The predicted molar refractivity (Wildman–Crippen MR) is 66.5 cm³/mol. The van der Waals surface area contributed by atoms with Crippen LogP contribution in [0, 0.1) is 18.1 Å². The van der Waals surface area contributed by atoms with Crippen molar-refractivity contribution in [3.05, 3.63) is 54.4 Å². The minimum absolute atomic E-state index is 0.256. The van der Waals surface area contributed by atoms with Gasteiger partial charge in [-0.25, -0.2) is 8.78 Å². The van der Waals surface area contributed by atoms with Crippen molar-refractivity contribution < 1.29 is 13.2 Å². The van der Waals surface area contributed by atoms with Gasteiger partial charge in [-0.05, 0) is 25.0 Å². The van der Waals surface area contributed by atoms with Crippen LogP contribution < -0.4 is 0 Å². The molecular weight excluding hydrogens is 250 g/mol. The largest absolute Gasteiger partial charge is 0.431 e. The highest BCUT2D eigenvalue weighted by Crippen LogP contribution is 2.24. The number of hydrogen-bond acceptors (Lipinski definition) is 2. The van der Waals surface area contributed by atoms with Crippen LogP contribution in [0.2, 0.25) is 0 Å². The second-order valence-electron chi connectivity index (χ2n) is 4.24. The molecule has 5 heteroatoms. The molecule has 0 N–H and O–H groups in total. The molecule has 3 nitrogen and oxygen atoms in total. The fourth-order valence-electron chi connectivity index (χ4n) is 2.01. The van der Waals surface area contributed by atoms with Gasteiger partial charge >= 0.3 is 5.84 Å². The average Bonchev–Trinajstić information content (AvgIpc) is 2.91. The summed E-state index contributed by atoms with van der Waals surface area (Å²) in [5.41, 5.74) is 1.61. The molecule has 0 spiro atoms. The Kier molecular flexibility index (Phi) is 2.81. The van der Waals surface area contributed by atoms with Crippen LogP contribution in [0.4, 0.5) is 8.78 Å². The van der Waals surface area contributed by atoms with Crippen molar-refractivity contribution >= 4 is 5.84 Å². The van der Waals surface area contributed by atoms with E-state index >= 15 is 0 Å². The molecule has 0 atom stereocenters. The molecule has 3 rings (SSSR count). The van der Waals surface area contributed by atoms with Crippen LogP contribution in [-0.2, 0) is 6.42 Å². The van der Waals surface area contributed by atoms with Gasteiger partial charge in [0, 0.05) is 17.8 Å². The minimum Gasteiger partial charge on any atom is -0.431 e. The van der Waals surface area contributed by atoms with E-state index in [9.17, 15) is 8.78 Å². The summed E-state index contributed by atoms with van der Waals surface area (Å²) in [4.78, 5) is 4.20. The number of halogens is 2. The van der Waals surface area contributed by atoms with Crippen LogP contribution in [0.25, 0.3) is 17.1 Å². The van der Waals surface area contributed by atoms with Crippen LogP contribution >= 0.6 is 0 Å². The van der Waals surface area contributed by atoms with E-state index in [0.717, 1.165) is 18.2 Å². The Morgan fingerprint density at radius 3 is 2.95 bits per heavy atom. The van der Waals surface area contributed by atoms with Crippen LogP contribution in [0.3, 0.4) is 0 Å². The summed E-state index contributed by atoms with van der Waals surface area (Å²) in [6.45, 7) is 1.94. The first-order valence-corrected chi connectivity index (χ1v) is 5.87. The lowest BCUT2D eigenvalue weighted by Gasteiger charge is -1.98. The number of hydrogen-bond donors (Lipinski definition) is 0. The number of oxazole rings is 1. The summed E-state index contributed by atoms with van der Waals surface area (Å²) in [7, 11) is 0. The molecule has 19 heavy (non-hydrogen) atoms. The van der Waals surface area contributed by atoms with Crippen molar-refractivity contribution in [2.24, 2.45) is 0 Å². The molecule has 0 aliphatic carbocycles. The van der Waals surface area contributed by atoms with Gasteiger partial charge in [0.05, 0.1) is 11.4 Å². The Balaban J connectivity index is 2.10. The van der Waals surface area contributed by atoms with Crippen molar-refractivity contribution in [3.63, 3.8) is 0 Å². The van der Waals surface area contributed by atoms with Crippen molar-refractivity contribution in [1.82, 2.24) is 9.38 Å². The van der Waals surface area contributed by atoms with Gasteiger partial charge in [-0.1, -0.05) is 6.92 Å². The van der Waals surface area contributed by atoms with Gasteiger partial charge in [0.15, 0.2) is 0 Å². The second-order valence-corrected chi connectivity index (χ2v) is 4.24. The van der Waals surface area contributed by atoms with Crippen molar-refractivity contribution in [3.8, 4) is 11.3 Å². The number of aromatic nitrogens is 2. The summed E-state index contributed by atoms with van der Waals surface area (Å²) < 4.78 is 33.6. The van der Waals surface area contributed by atoms with E-state index in [4.69, 9.17) is 4.42 Å². The maximum atomic E-state index is 13.7. The van der Waals surface area contributed by atoms with E-state index in [-0.39, 0.29) is 5.56 Å². The van der Waals surface area contributed by atoms with Crippen LogP contribution in [0.5, 0.6) is 0 Å². The van der Waals surface area contributed by atoms with Gasteiger partial charge in [-0.15, -0.1) is 0 Å². The smallest absolute Gasteiger partial charge is 0.306 e. The van der Waals surface area contributed by atoms with Gasteiger partial charge in [0.2, 0.25) is 0 Å². The lowest BCUT2D eigenvalue weighted by molar-refractivity contribution is 0.584. The standard InChI is InChI=1S/C14H11F2N2O/c1-2-3-10-8-19-14-17-13(7-18(10)14)11-5-4-9(15)6-12(11)16/h2,4-8H,3H2,1H3. The molecule has 97 valence electrons. The summed E-state index contributed by atoms with van der Waals surface area (Å²) in [6.07, 6.45) is 6.03. The highest BCUT2D eigenvalue weighted by Gasteiger charge is 2.13. The van der Waals surface area contributed by atoms with Crippen molar-refractivity contribution in [2.75, 3.05) is 0 Å². The molecule has 0 amide bonds. The van der Waals surface area contributed by atoms with E-state index in [1.807, 2.05) is 13.3 Å². The van der Waals surface area contributed by atoms with Crippen LogP contribution in [-0.4, -0.2) is 9.38 Å². The highest BCUT2D eigenvalue weighted by atomic mass is 19.1. The lowest BCUT2D eigenvalue weighted by Crippen LogP contribution is -1.89. The molecule has 0 fully saturated rings. The van der Waals surface area contributed by atoms with Gasteiger partial charge in [-0.3, -0.25) is 4.40 Å². The van der Waals surface area contributed by atoms with E-state index in [0.29, 0.717) is 11.5 Å². The van der Waals surface area contributed by atoms with Gasteiger partial charge < -0.3 is 4.42 Å². The first-order chi connectivity index (χ1) is 9.19. The molecule has 3 aromatic rings. The fourth-order valence-corrected chi connectivity index (χ4v) is 2.01. The quantitative estimate of drug-likeness (QED) is 0.720. The zero-order valence-corrected chi connectivity index (χ0v) is 10.2. The molecule has 1 radical (unpaired) electrons. The van der Waals surface area contributed by atoms with Gasteiger partial charge in [-0.2, -0.15) is 4.98 Å². The van der Waals surface area contributed by atoms with Gasteiger partial charge in [0.1, 0.15) is 17.9 Å². The predicted octanol–water partition coefficient (Wildman–Crippen LogP) is 3.64. The maximum Gasteiger partial charge on any atom is 0.306 e. The molecule has 2 aromatic heterocycles. The number of rotatable bonds is 3. The normalized spacial score (nSPS) is 11.3. The molecule has 0 aliphatic rings. The monoisotopic (exact) mass is 261 g/mol. The zero-order chi connectivity index (χ0) is 13.4. The summed E-state index contributed by atoms with van der Waals surface area (Å²) >= 11 is 0. The zero-order valence-electron chi connectivity index (χ0n) is 10.2. The lowest BCUT2D eigenvalue weighted by atomic mass is 10.1. The first-order valence-electron chi connectivity index (χ1n) is 5.87. The Morgan fingerprint density at radius 1 is 1.37 bits per heavy atom. The minimum atomic E-state index is -0.635. The molecule has 0 unspecified atom stereocenters. The topological polar surface area (TPSA) is 30.4 Å². The summed E-state index contributed by atoms with van der Waals surface area (Å²) in [5, 5.41) is 0. The van der Waals surface area contributed by atoms with E-state index in [1.165, 1.54) is 12.1 Å². The summed E-state index contributed by atoms with van der Waals surface area (Å²) in [5.74, 6) is -0.842. The third kappa shape index (κ3) is 2.01. The maximum absolute atomic E-state index is 13.7. The van der Waals surface area contributed by atoms with E-state index < -0.39 is 11.6 Å². The molecule has 0 saturated heterocycles. The van der Waals surface area contributed by atoms with E-state index in [1.54, 1.807) is 16.9 Å². The fraction of sp³-hybridized carbons (Fsp3) is 0.143. The third-order valence-corrected chi connectivity index (χ3v) is 2.90. The highest BCUT2D eigenvalue weighted by molar-refractivity contribution is 5.61. The number of benzene rings is 1. The SMILES string of the molecule is C[CH]Cc1coc2nc(-c3ccc(F)cc3F)cn12. The number of imidazole rings is 1. The second kappa shape index (κ2) is 4.50. The molecule has 0 aliphatic heterocycles. The van der Waals surface area contributed by atoms with Crippen LogP contribution in [0.15, 0.2) is 35.1 Å². The van der Waals surface area contributed by atoms with Gasteiger partial charge in [0.25, 0.3) is 0 Å². The third-order valence-electron chi connectivity index (χ3n) is 2.90. The molecular formula is C14H11F2N2O. The van der Waals surface area contributed by atoms with E-state index in [2.05, 4.69) is 4.98 Å². The first kappa shape index (κ1) is 11.9. The Morgan fingerprint density at radius 2 is 2.21 bits per heavy atom.